The molecular formula is C20H33ClN4O2. The summed E-state index contributed by atoms with van der Waals surface area (Å²) < 4.78 is 5.88. The molecule has 1 aromatic carbocycles. The fourth-order valence-corrected chi connectivity index (χ4v) is 3.42. The molecule has 1 aromatic rings. The first-order chi connectivity index (χ1) is 13.0. The fourth-order valence-electron chi connectivity index (χ4n) is 3.16. The molecule has 1 fully saturated rings. The molecule has 0 spiro atoms. The lowest BCUT2D eigenvalue weighted by Gasteiger charge is -2.34. The number of rotatable bonds is 8. The van der Waals surface area contributed by atoms with Gasteiger partial charge in [-0.1, -0.05) is 43.6 Å². The van der Waals surface area contributed by atoms with Crippen LogP contribution in [0.2, 0.25) is 5.02 Å². The minimum Gasteiger partial charge on any atom is -0.386 e. The lowest BCUT2D eigenvalue weighted by Crippen LogP contribution is -2.50. The minimum absolute atomic E-state index is 0.134. The summed E-state index contributed by atoms with van der Waals surface area (Å²) in [6.07, 6.45) is -0.600. The van der Waals surface area contributed by atoms with Gasteiger partial charge in [0.2, 0.25) is 0 Å². The van der Waals surface area contributed by atoms with Crippen molar-refractivity contribution in [2.45, 2.75) is 33.0 Å². The van der Waals surface area contributed by atoms with Crippen molar-refractivity contribution in [2.24, 2.45) is 10.9 Å². The Balaban J connectivity index is 1.87. The third kappa shape index (κ3) is 7.66. The van der Waals surface area contributed by atoms with Crippen LogP contribution in [0.15, 0.2) is 29.3 Å². The fraction of sp³-hybridized carbons (Fsp3) is 0.650. The molecule has 2 atom stereocenters. The second-order valence-electron chi connectivity index (χ2n) is 7.28. The zero-order valence-electron chi connectivity index (χ0n) is 16.6. The summed E-state index contributed by atoms with van der Waals surface area (Å²) in [6.45, 7) is 11.9. The molecule has 152 valence electrons. The van der Waals surface area contributed by atoms with Gasteiger partial charge in [0.05, 0.1) is 19.3 Å². The van der Waals surface area contributed by atoms with Gasteiger partial charge in [0.25, 0.3) is 0 Å². The average Bonchev–Trinajstić information content (AvgIpc) is 2.64. The molecule has 1 aliphatic heterocycles. The number of aliphatic hydroxyl groups is 1. The third-order valence-electron chi connectivity index (χ3n) is 4.37. The molecule has 2 unspecified atom stereocenters. The Morgan fingerprint density at radius 2 is 2.15 bits per heavy atom. The number of hydrogen-bond donors (Lipinski definition) is 3. The zero-order chi connectivity index (χ0) is 19.6. The van der Waals surface area contributed by atoms with Crippen molar-refractivity contribution in [2.75, 3.05) is 45.9 Å². The van der Waals surface area contributed by atoms with E-state index in [1.165, 1.54) is 0 Å². The van der Waals surface area contributed by atoms with Gasteiger partial charge in [-0.2, -0.15) is 0 Å². The van der Waals surface area contributed by atoms with Crippen LogP contribution in [0.5, 0.6) is 0 Å². The van der Waals surface area contributed by atoms with Crippen LogP contribution in [0.4, 0.5) is 0 Å². The molecule has 1 saturated heterocycles. The van der Waals surface area contributed by atoms with Crippen LogP contribution in [0, 0.1) is 5.92 Å². The van der Waals surface area contributed by atoms with Crippen LogP contribution < -0.4 is 10.6 Å². The minimum atomic E-state index is -0.735. The highest BCUT2D eigenvalue weighted by Crippen LogP contribution is 2.22. The van der Waals surface area contributed by atoms with Gasteiger partial charge in [0, 0.05) is 43.3 Å². The lowest BCUT2D eigenvalue weighted by molar-refractivity contribution is -0.0284. The average molecular weight is 397 g/mol. The van der Waals surface area contributed by atoms with E-state index in [9.17, 15) is 5.11 Å². The summed E-state index contributed by atoms with van der Waals surface area (Å²) in [5, 5.41) is 17.5. The molecule has 1 heterocycles. The largest absolute Gasteiger partial charge is 0.386 e. The van der Waals surface area contributed by atoms with Crippen molar-refractivity contribution in [1.29, 1.82) is 0 Å². The number of nitrogens with one attached hydrogen (secondary N) is 2. The quantitative estimate of drug-likeness (QED) is 0.464. The number of halogens is 1. The maximum Gasteiger partial charge on any atom is 0.191 e. The van der Waals surface area contributed by atoms with E-state index in [4.69, 9.17) is 16.3 Å². The smallest absolute Gasteiger partial charge is 0.191 e. The van der Waals surface area contributed by atoms with Gasteiger partial charge in [0.1, 0.15) is 6.10 Å². The summed E-state index contributed by atoms with van der Waals surface area (Å²) >= 11 is 6.15. The Kier molecular flexibility index (Phi) is 9.34. The zero-order valence-corrected chi connectivity index (χ0v) is 17.4. The number of hydrogen-bond acceptors (Lipinski definition) is 4. The highest BCUT2D eigenvalue weighted by atomic mass is 35.5. The van der Waals surface area contributed by atoms with Gasteiger partial charge in [-0.25, -0.2) is 0 Å². The molecule has 0 saturated carbocycles. The van der Waals surface area contributed by atoms with E-state index in [-0.39, 0.29) is 12.6 Å². The molecule has 27 heavy (non-hydrogen) atoms. The predicted molar refractivity (Wildman–Crippen MR) is 111 cm³/mol. The molecule has 0 radical (unpaired) electrons. The highest BCUT2D eigenvalue weighted by molar-refractivity contribution is 6.31. The van der Waals surface area contributed by atoms with Crippen molar-refractivity contribution in [3.8, 4) is 0 Å². The van der Waals surface area contributed by atoms with E-state index in [1.807, 2.05) is 25.1 Å². The monoisotopic (exact) mass is 396 g/mol. The lowest BCUT2D eigenvalue weighted by atomic mass is 10.1. The Bertz CT molecular complexity index is 597. The second-order valence-corrected chi connectivity index (χ2v) is 7.69. The topological polar surface area (TPSA) is 69.1 Å². The SMILES string of the molecule is CCNC(=NCC(O)c1ccccc1Cl)NCC1CN(CC(C)C)CCO1. The molecule has 3 N–H and O–H groups in total. The number of benzene rings is 1. The predicted octanol–water partition coefficient (Wildman–Crippen LogP) is 2.29. The Morgan fingerprint density at radius 3 is 2.85 bits per heavy atom. The molecule has 0 bridgehead atoms. The Morgan fingerprint density at radius 1 is 1.37 bits per heavy atom. The Hall–Kier alpha value is -1.34. The first-order valence-electron chi connectivity index (χ1n) is 9.78. The third-order valence-corrected chi connectivity index (χ3v) is 4.72. The van der Waals surface area contributed by atoms with Gasteiger partial charge >= 0.3 is 0 Å². The van der Waals surface area contributed by atoms with Crippen molar-refractivity contribution < 1.29 is 9.84 Å². The Labute approximate surface area is 168 Å². The van der Waals surface area contributed by atoms with Gasteiger partial charge in [0.15, 0.2) is 5.96 Å². The first-order valence-corrected chi connectivity index (χ1v) is 10.2. The van der Waals surface area contributed by atoms with Crippen LogP contribution >= 0.6 is 11.6 Å². The molecule has 7 heteroatoms. The van der Waals surface area contributed by atoms with Gasteiger partial charge in [-0.05, 0) is 18.9 Å². The molecule has 0 aromatic heterocycles. The van der Waals surface area contributed by atoms with Crippen LogP contribution in [0.1, 0.15) is 32.4 Å². The van der Waals surface area contributed by atoms with Crippen LogP contribution in [0.25, 0.3) is 0 Å². The maximum absolute atomic E-state index is 10.4. The van der Waals surface area contributed by atoms with Crippen LogP contribution in [-0.4, -0.2) is 67.9 Å². The summed E-state index contributed by atoms with van der Waals surface area (Å²) in [5.41, 5.74) is 0.693. The normalized spacial score (nSPS) is 19.9. The van der Waals surface area contributed by atoms with Gasteiger partial charge in [-0.3, -0.25) is 9.89 Å². The van der Waals surface area contributed by atoms with Crippen molar-refractivity contribution >= 4 is 17.6 Å². The van der Waals surface area contributed by atoms with E-state index < -0.39 is 6.10 Å². The molecule has 1 aliphatic rings. The van der Waals surface area contributed by atoms with Crippen molar-refractivity contribution in [3.05, 3.63) is 34.9 Å². The summed E-state index contributed by atoms with van der Waals surface area (Å²) in [7, 11) is 0. The van der Waals surface area contributed by atoms with E-state index in [0.717, 1.165) is 32.8 Å². The molecule has 0 aliphatic carbocycles. The van der Waals surface area contributed by atoms with Crippen molar-refractivity contribution in [1.82, 2.24) is 15.5 Å². The summed E-state index contributed by atoms with van der Waals surface area (Å²) in [4.78, 5) is 6.95. The number of aliphatic imine (C=N–C) groups is 1. The standard InChI is InChI=1S/C20H33ClN4O2/c1-4-22-20(24-12-19(26)17-7-5-6-8-18(17)21)23-11-16-14-25(9-10-27-16)13-15(2)3/h5-8,15-16,19,26H,4,9-14H2,1-3H3,(H2,22,23,24). The highest BCUT2D eigenvalue weighted by Gasteiger charge is 2.21. The van der Waals surface area contributed by atoms with Gasteiger partial charge in [-0.15, -0.1) is 0 Å². The summed E-state index contributed by atoms with van der Waals surface area (Å²) in [6, 6.07) is 7.31. The van der Waals surface area contributed by atoms with Crippen molar-refractivity contribution in [3.63, 3.8) is 0 Å². The molecule has 6 nitrogen and oxygen atoms in total. The number of guanidine groups is 1. The number of aliphatic hydroxyl groups excluding tert-OH is 1. The number of nitrogens with zero attached hydrogens (tertiary/aromatic N) is 2. The molecule has 0 amide bonds. The van der Waals surface area contributed by atoms with E-state index >= 15 is 0 Å². The molecular weight excluding hydrogens is 364 g/mol. The number of morpholine rings is 1. The van der Waals surface area contributed by atoms with E-state index in [2.05, 4.69) is 34.4 Å². The maximum atomic E-state index is 10.4. The van der Waals surface area contributed by atoms with E-state index in [0.29, 0.717) is 29.0 Å². The van der Waals surface area contributed by atoms with E-state index in [1.54, 1.807) is 6.07 Å². The van der Waals surface area contributed by atoms with Crippen LogP contribution in [0.3, 0.4) is 0 Å². The second kappa shape index (κ2) is 11.5. The molecule has 2 rings (SSSR count). The number of ether oxygens (including phenoxy) is 1. The van der Waals surface area contributed by atoms with Gasteiger partial charge < -0.3 is 20.5 Å². The summed E-state index contributed by atoms with van der Waals surface area (Å²) in [5.74, 6) is 1.33. The van der Waals surface area contributed by atoms with Crippen LogP contribution in [-0.2, 0) is 4.74 Å². The first kappa shape index (κ1) is 22.0.